The summed E-state index contributed by atoms with van der Waals surface area (Å²) < 4.78 is 170. The minimum Gasteiger partial charge on any atom is -0.203 e. The van der Waals surface area contributed by atoms with E-state index in [1.165, 1.54) is 0 Å². The summed E-state index contributed by atoms with van der Waals surface area (Å²) in [5.41, 5.74) is -4.52. The van der Waals surface area contributed by atoms with Crippen LogP contribution in [0.2, 0.25) is 0 Å². The van der Waals surface area contributed by atoms with Gasteiger partial charge in [-0.2, -0.15) is 0 Å². The van der Waals surface area contributed by atoms with Crippen molar-refractivity contribution < 1.29 is 60.7 Å². The van der Waals surface area contributed by atoms with Crippen molar-refractivity contribution in [2.75, 3.05) is 0 Å². The Bertz CT molecular complexity index is 756. The first-order valence-electron chi connectivity index (χ1n) is 5.90. The molecular weight excluding hydrogens is 441 g/mol. The van der Waals surface area contributed by atoms with Crippen LogP contribution in [0.3, 0.4) is 0 Å². The van der Waals surface area contributed by atoms with Crippen molar-refractivity contribution in [2.45, 2.75) is 0 Å². The minimum absolute atomic E-state index is 2.26. The predicted octanol–water partition coefficient (Wildman–Crippen LogP) is 7.02. The maximum Gasteiger partial charge on any atom is 0.200 e. The second-order valence-corrected chi connectivity index (χ2v) is 5.18. The SMILES string of the molecule is F[PH](F)(F)F.Fc1c(F)c(F)c(-c2c(F)c(F)c(F)c(F)c2F)c(F)c1F. The van der Waals surface area contributed by atoms with E-state index < -0.39 is 77.8 Å². The molecule has 0 fully saturated rings. The molecule has 2 aromatic carbocycles. The number of benzene rings is 2. The van der Waals surface area contributed by atoms with Gasteiger partial charge in [0.15, 0.2) is 46.5 Å². The molecule has 0 bridgehead atoms. The van der Waals surface area contributed by atoms with Crippen molar-refractivity contribution in [1.82, 2.24) is 0 Å². The molecule has 2 aromatic rings. The van der Waals surface area contributed by atoms with E-state index in [1.54, 1.807) is 0 Å². The zero-order valence-corrected chi connectivity index (χ0v) is 12.8. The van der Waals surface area contributed by atoms with E-state index >= 15 is 0 Å². The maximum absolute atomic E-state index is 13.4. The monoisotopic (exact) mass is 442 g/mol. The van der Waals surface area contributed by atoms with Gasteiger partial charge in [0.25, 0.3) is 0 Å². The largest absolute Gasteiger partial charge is 0.203 e. The number of hydrogen-bond donors (Lipinski definition) is 0. The van der Waals surface area contributed by atoms with Crippen molar-refractivity contribution >= 4 is 8.51 Å². The third-order valence-electron chi connectivity index (χ3n) is 2.67. The van der Waals surface area contributed by atoms with E-state index in [-0.39, 0.29) is 0 Å². The van der Waals surface area contributed by atoms with Crippen molar-refractivity contribution in [3.05, 3.63) is 58.2 Å². The van der Waals surface area contributed by atoms with Crippen LogP contribution in [0.15, 0.2) is 0 Å². The van der Waals surface area contributed by atoms with Crippen LogP contribution in [0.5, 0.6) is 0 Å². The van der Waals surface area contributed by atoms with Crippen LogP contribution in [-0.4, -0.2) is 0 Å². The summed E-state index contributed by atoms with van der Waals surface area (Å²) in [7, 11) is -6.61. The van der Waals surface area contributed by atoms with Gasteiger partial charge in [-0.25, -0.2) is 43.9 Å². The molecule has 27 heavy (non-hydrogen) atoms. The summed E-state index contributed by atoms with van der Waals surface area (Å²) in [5, 5.41) is 0. The van der Waals surface area contributed by atoms with E-state index in [1.807, 2.05) is 0 Å². The number of hydrogen-bond acceptors (Lipinski definition) is 0. The quantitative estimate of drug-likeness (QED) is 0.193. The first-order chi connectivity index (χ1) is 12.1. The van der Waals surface area contributed by atoms with Gasteiger partial charge in [0.1, 0.15) is 0 Å². The molecule has 0 heterocycles. The molecule has 0 aromatic heterocycles. The molecule has 2 rings (SSSR count). The van der Waals surface area contributed by atoms with Crippen LogP contribution < -0.4 is 0 Å². The molecule has 0 saturated carbocycles. The van der Waals surface area contributed by atoms with Crippen LogP contribution in [0.4, 0.5) is 60.7 Å². The van der Waals surface area contributed by atoms with Gasteiger partial charge >= 0.3 is 25.3 Å². The molecule has 0 unspecified atom stereocenters. The van der Waals surface area contributed by atoms with E-state index in [0.29, 0.717) is 0 Å². The fourth-order valence-corrected chi connectivity index (χ4v) is 1.65. The molecule has 0 N–H and O–H groups in total. The second kappa shape index (κ2) is 7.87. The molecule has 0 saturated heterocycles. The number of rotatable bonds is 1. The Morgan fingerprint density at radius 1 is 0.296 bits per heavy atom. The predicted molar refractivity (Wildman–Crippen MR) is 64.2 cm³/mol. The summed E-state index contributed by atoms with van der Waals surface area (Å²) in [6, 6.07) is 0. The smallest absolute Gasteiger partial charge is 0.200 e. The molecule has 0 radical (unpaired) electrons. The van der Waals surface area contributed by atoms with Crippen molar-refractivity contribution in [1.29, 1.82) is 0 Å². The third kappa shape index (κ3) is 4.60. The first kappa shape index (κ1) is 22.9. The molecule has 0 atom stereocenters. The van der Waals surface area contributed by atoms with E-state index in [0.717, 1.165) is 0 Å². The topological polar surface area (TPSA) is 0 Å². The molecule has 0 nitrogen and oxygen atoms in total. The average molecular weight is 442 g/mol. The summed E-state index contributed by atoms with van der Waals surface area (Å²) in [6.07, 6.45) is 0. The fraction of sp³-hybridized carbons (Fsp3) is 0. The second-order valence-electron chi connectivity index (χ2n) is 4.32. The molecule has 0 aliphatic heterocycles. The van der Waals surface area contributed by atoms with Gasteiger partial charge in [-0.15, -0.1) is 0 Å². The van der Waals surface area contributed by atoms with E-state index in [9.17, 15) is 60.7 Å². The van der Waals surface area contributed by atoms with Crippen LogP contribution in [0.1, 0.15) is 0 Å². The normalized spacial score (nSPS) is 11.9. The molecule has 0 amide bonds. The Morgan fingerprint density at radius 3 is 0.556 bits per heavy atom. The van der Waals surface area contributed by atoms with Crippen molar-refractivity contribution in [2.24, 2.45) is 0 Å². The van der Waals surface area contributed by atoms with Gasteiger partial charge in [-0.3, -0.25) is 0 Å². The standard InChI is InChI=1S/C12F10.F4HP/c13-3-1(4(14)8(18)11(21)7(3)17)2-5(15)9(19)12(22)10(20)6(2)16;1-5(2,3)4/h;5H. The fourth-order valence-electron chi connectivity index (χ4n) is 1.65. The zero-order valence-electron chi connectivity index (χ0n) is 11.8. The Kier molecular flexibility index (Phi) is 6.68. The van der Waals surface area contributed by atoms with Crippen LogP contribution in [-0.2, 0) is 0 Å². The molecule has 0 aliphatic carbocycles. The maximum atomic E-state index is 13.4. The van der Waals surface area contributed by atoms with Crippen LogP contribution in [0, 0.1) is 58.2 Å². The Balaban J connectivity index is 0.000000646. The Labute approximate surface area is 139 Å². The van der Waals surface area contributed by atoms with Gasteiger partial charge in [0, 0.05) is 0 Å². The molecule has 15 heteroatoms. The van der Waals surface area contributed by atoms with Gasteiger partial charge in [0.2, 0.25) is 11.6 Å². The molecule has 152 valence electrons. The van der Waals surface area contributed by atoms with Gasteiger partial charge in [0.05, 0.1) is 11.1 Å². The summed E-state index contributed by atoms with van der Waals surface area (Å²) >= 11 is 0. The van der Waals surface area contributed by atoms with E-state index in [2.05, 4.69) is 0 Å². The van der Waals surface area contributed by atoms with Crippen molar-refractivity contribution in [3.63, 3.8) is 0 Å². The summed E-state index contributed by atoms with van der Waals surface area (Å²) in [5.74, 6) is -26.6. The van der Waals surface area contributed by atoms with E-state index in [4.69, 9.17) is 0 Å². The zero-order chi connectivity index (χ0) is 21.4. The van der Waals surface area contributed by atoms with Crippen LogP contribution >= 0.6 is 8.51 Å². The van der Waals surface area contributed by atoms with Crippen LogP contribution in [0.25, 0.3) is 11.1 Å². The minimum atomic E-state index is -6.61. The third-order valence-corrected chi connectivity index (χ3v) is 2.67. The molecular formula is C12HF14P. The Hall–Kier alpha value is -2.11. The first-order valence-corrected chi connectivity index (χ1v) is 7.41. The van der Waals surface area contributed by atoms with Gasteiger partial charge in [-0.05, 0) is 0 Å². The van der Waals surface area contributed by atoms with Crippen molar-refractivity contribution in [3.8, 4) is 11.1 Å². The molecule has 0 aliphatic rings. The summed E-state index contributed by atoms with van der Waals surface area (Å²) in [4.78, 5) is 0. The Morgan fingerprint density at radius 2 is 0.407 bits per heavy atom. The van der Waals surface area contributed by atoms with Gasteiger partial charge in [-0.1, -0.05) is 0 Å². The van der Waals surface area contributed by atoms with Gasteiger partial charge < -0.3 is 0 Å². The summed E-state index contributed by atoms with van der Waals surface area (Å²) in [6.45, 7) is 0. The molecule has 0 spiro atoms. The average Bonchev–Trinajstić information content (AvgIpc) is 2.56. The number of halogens is 14.